The van der Waals surface area contributed by atoms with E-state index in [1.165, 1.54) is 0 Å². The number of carbonyl (C=O) groups is 2. The van der Waals surface area contributed by atoms with Gasteiger partial charge in [0, 0.05) is 6.54 Å². The Labute approximate surface area is 150 Å². The Morgan fingerprint density at radius 3 is 2.28 bits per heavy atom. The summed E-state index contributed by atoms with van der Waals surface area (Å²) in [5, 5.41) is 15.3. The first-order chi connectivity index (χ1) is 11.7. The third kappa shape index (κ3) is 6.05. The van der Waals surface area contributed by atoms with Crippen LogP contribution >= 0.6 is 0 Å². The first-order valence-corrected chi connectivity index (χ1v) is 8.60. The van der Waals surface area contributed by atoms with Crippen LogP contribution in [0.5, 0.6) is 0 Å². The van der Waals surface area contributed by atoms with Crippen molar-refractivity contribution in [1.29, 1.82) is 0 Å². The molecule has 0 aliphatic carbocycles. The van der Waals surface area contributed by atoms with Crippen LogP contribution in [-0.4, -0.2) is 36.3 Å². The lowest BCUT2D eigenvalue weighted by molar-refractivity contribution is -0.150. The summed E-state index contributed by atoms with van der Waals surface area (Å²) < 4.78 is 5.13. The van der Waals surface area contributed by atoms with Crippen molar-refractivity contribution in [2.45, 2.75) is 52.2 Å². The molecule has 0 radical (unpaired) electrons. The predicted molar refractivity (Wildman–Crippen MR) is 97.4 cm³/mol. The van der Waals surface area contributed by atoms with Crippen LogP contribution in [0, 0.1) is 5.41 Å². The Morgan fingerprint density at radius 1 is 1.12 bits per heavy atom. The SMILES string of the molecule is CN[C@](CCCCNC(=O)OCc1ccccc1)(C(=O)O)C(C)(C)C. The smallest absolute Gasteiger partial charge is 0.407 e. The van der Waals surface area contributed by atoms with Crippen LogP contribution in [0.25, 0.3) is 0 Å². The van der Waals surface area contributed by atoms with E-state index in [1.54, 1.807) is 7.05 Å². The van der Waals surface area contributed by atoms with E-state index in [2.05, 4.69) is 10.6 Å². The van der Waals surface area contributed by atoms with Gasteiger partial charge < -0.3 is 20.5 Å². The van der Waals surface area contributed by atoms with Crippen molar-refractivity contribution in [2.24, 2.45) is 5.41 Å². The van der Waals surface area contributed by atoms with Crippen LogP contribution in [-0.2, 0) is 16.1 Å². The highest BCUT2D eigenvalue weighted by Crippen LogP contribution is 2.34. The molecule has 0 fully saturated rings. The maximum Gasteiger partial charge on any atom is 0.407 e. The fraction of sp³-hybridized carbons (Fsp3) is 0.579. The van der Waals surface area contributed by atoms with Crippen LogP contribution in [0.2, 0.25) is 0 Å². The fourth-order valence-electron chi connectivity index (χ4n) is 2.89. The number of unbranched alkanes of at least 4 members (excludes halogenated alkanes) is 1. The molecule has 140 valence electrons. The normalized spacial score (nSPS) is 13.8. The van der Waals surface area contributed by atoms with Crippen LogP contribution in [0.4, 0.5) is 4.79 Å². The summed E-state index contributed by atoms with van der Waals surface area (Å²) >= 11 is 0. The Kier molecular flexibility index (Phi) is 7.90. The largest absolute Gasteiger partial charge is 0.480 e. The molecule has 1 atom stereocenters. The molecule has 0 aliphatic heterocycles. The molecular formula is C19H30N2O4. The zero-order valence-corrected chi connectivity index (χ0v) is 15.6. The molecule has 25 heavy (non-hydrogen) atoms. The molecule has 3 N–H and O–H groups in total. The van der Waals surface area contributed by atoms with Crippen LogP contribution in [0.15, 0.2) is 30.3 Å². The molecule has 1 rings (SSSR count). The zero-order valence-electron chi connectivity index (χ0n) is 15.6. The molecule has 6 heteroatoms. The molecule has 0 aliphatic rings. The summed E-state index contributed by atoms with van der Waals surface area (Å²) in [6.45, 7) is 6.43. The Bertz CT molecular complexity index is 554. The van der Waals surface area contributed by atoms with E-state index in [1.807, 2.05) is 51.1 Å². The predicted octanol–water partition coefficient (Wildman–Crippen LogP) is 3.17. The molecule has 0 aromatic heterocycles. The van der Waals surface area contributed by atoms with Gasteiger partial charge in [-0.05, 0) is 37.3 Å². The second kappa shape index (κ2) is 9.42. The van der Waals surface area contributed by atoms with E-state index < -0.39 is 23.0 Å². The molecular weight excluding hydrogens is 320 g/mol. The van der Waals surface area contributed by atoms with Crippen molar-refractivity contribution in [3.05, 3.63) is 35.9 Å². The summed E-state index contributed by atoms with van der Waals surface area (Å²) in [6, 6.07) is 9.47. The number of rotatable bonds is 9. The number of carboxylic acid groups (broad SMARTS) is 1. The van der Waals surface area contributed by atoms with Gasteiger partial charge in [0.15, 0.2) is 0 Å². The van der Waals surface area contributed by atoms with E-state index in [-0.39, 0.29) is 6.61 Å². The molecule has 0 unspecified atom stereocenters. The molecule has 0 bridgehead atoms. The fourth-order valence-corrected chi connectivity index (χ4v) is 2.89. The van der Waals surface area contributed by atoms with Crippen LogP contribution in [0.3, 0.4) is 0 Å². The van der Waals surface area contributed by atoms with Gasteiger partial charge >= 0.3 is 12.1 Å². The number of hydrogen-bond acceptors (Lipinski definition) is 4. The molecule has 1 aromatic rings. The van der Waals surface area contributed by atoms with E-state index in [9.17, 15) is 14.7 Å². The van der Waals surface area contributed by atoms with Crippen molar-refractivity contribution in [1.82, 2.24) is 10.6 Å². The highest BCUT2D eigenvalue weighted by atomic mass is 16.5. The van der Waals surface area contributed by atoms with E-state index >= 15 is 0 Å². The highest BCUT2D eigenvalue weighted by molar-refractivity contribution is 5.79. The molecule has 1 amide bonds. The lowest BCUT2D eigenvalue weighted by Gasteiger charge is -2.41. The van der Waals surface area contributed by atoms with Gasteiger partial charge in [0.25, 0.3) is 0 Å². The number of benzene rings is 1. The molecule has 1 aromatic carbocycles. The third-order valence-corrected chi connectivity index (χ3v) is 4.53. The average molecular weight is 350 g/mol. The van der Waals surface area contributed by atoms with E-state index in [0.717, 1.165) is 5.56 Å². The molecule has 0 saturated carbocycles. The third-order valence-electron chi connectivity index (χ3n) is 4.53. The number of amides is 1. The van der Waals surface area contributed by atoms with Gasteiger partial charge in [-0.2, -0.15) is 0 Å². The van der Waals surface area contributed by atoms with Crippen molar-refractivity contribution >= 4 is 12.1 Å². The monoisotopic (exact) mass is 350 g/mol. The first-order valence-electron chi connectivity index (χ1n) is 8.60. The number of carboxylic acids is 1. The van der Waals surface area contributed by atoms with Crippen LogP contribution in [0.1, 0.15) is 45.6 Å². The second-order valence-corrected chi connectivity index (χ2v) is 7.16. The standard InChI is InChI=1S/C19H30N2O4/c1-18(2,3)19(20-4,16(22)23)12-8-9-13-21-17(24)25-14-15-10-6-5-7-11-15/h5-7,10-11,20H,8-9,12-14H2,1-4H3,(H,21,24)(H,22,23)/t19-/m1/s1. The lowest BCUT2D eigenvalue weighted by atomic mass is 9.70. The summed E-state index contributed by atoms with van der Waals surface area (Å²) in [6.07, 6.45) is 1.40. The molecule has 0 saturated heterocycles. The van der Waals surface area contributed by atoms with Gasteiger partial charge in [-0.1, -0.05) is 51.1 Å². The Morgan fingerprint density at radius 2 is 1.76 bits per heavy atom. The number of ether oxygens (including phenoxy) is 1. The number of likely N-dealkylation sites (N-methyl/N-ethyl adjacent to an activating group) is 1. The Hall–Kier alpha value is -2.08. The van der Waals surface area contributed by atoms with Gasteiger partial charge in [0.2, 0.25) is 0 Å². The minimum Gasteiger partial charge on any atom is -0.480 e. The second-order valence-electron chi connectivity index (χ2n) is 7.16. The summed E-state index contributed by atoms with van der Waals surface area (Å²) in [7, 11) is 1.68. The highest BCUT2D eigenvalue weighted by Gasteiger charge is 2.46. The maximum atomic E-state index is 11.7. The van der Waals surface area contributed by atoms with Crippen molar-refractivity contribution in [3.8, 4) is 0 Å². The summed E-state index contributed by atoms with van der Waals surface area (Å²) in [5.74, 6) is -0.849. The van der Waals surface area contributed by atoms with Gasteiger partial charge in [-0.25, -0.2) is 4.79 Å². The maximum absolute atomic E-state index is 11.7. The topological polar surface area (TPSA) is 87.7 Å². The Balaban J connectivity index is 2.32. The first kappa shape index (κ1) is 21.0. The number of hydrogen-bond donors (Lipinski definition) is 3. The minimum absolute atomic E-state index is 0.235. The van der Waals surface area contributed by atoms with Gasteiger partial charge in [0.05, 0.1) is 0 Å². The van der Waals surface area contributed by atoms with Crippen molar-refractivity contribution in [2.75, 3.05) is 13.6 Å². The van der Waals surface area contributed by atoms with E-state index in [4.69, 9.17) is 4.74 Å². The van der Waals surface area contributed by atoms with E-state index in [0.29, 0.717) is 25.8 Å². The summed E-state index contributed by atoms with van der Waals surface area (Å²) in [5.41, 5.74) is -0.473. The number of aliphatic carboxylic acids is 1. The van der Waals surface area contributed by atoms with Crippen molar-refractivity contribution in [3.63, 3.8) is 0 Å². The molecule has 0 spiro atoms. The van der Waals surface area contributed by atoms with Crippen LogP contribution < -0.4 is 10.6 Å². The lowest BCUT2D eigenvalue weighted by Crippen LogP contribution is -2.59. The number of alkyl carbamates (subject to hydrolysis) is 1. The molecule has 0 heterocycles. The average Bonchev–Trinajstić information content (AvgIpc) is 2.55. The quantitative estimate of drug-likeness (QED) is 0.595. The number of carbonyl (C=O) groups excluding carboxylic acids is 1. The zero-order chi connectivity index (χ0) is 18.9. The minimum atomic E-state index is -0.985. The molecule has 6 nitrogen and oxygen atoms in total. The van der Waals surface area contributed by atoms with Gasteiger partial charge in [-0.3, -0.25) is 4.79 Å². The summed E-state index contributed by atoms with van der Waals surface area (Å²) in [4.78, 5) is 23.4. The van der Waals surface area contributed by atoms with Crippen molar-refractivity contribution < 1.29 is 19.4 Å². The number of nitrogens with one attached hydrogen (secondary N) is 2. The van der Waals surface area contributed by atoms with Gasteiger partial charge in [0.1, 0.15) is 12.1 Å². The van der Waals surface area contributed by atoms with Gasteiger partial charge in [-0.15, -0.1) is 0 Å².